The van der Waals surface area contributed by atoms with E-state index in [4.69, 9.17) is 4.74 Å². The highest BCUT2D eigenvalue weighted by atomic mass is 16.5. The SMILES string of the molecule is COc1c(C2(O)CCCC(C)C2)ccc(C)c1C. The quantitative estimate of drug-likeness (QED) is 0.864. The molecule has 0 spiro atoms. The van der Waals surface area contributed by atoms with Crippen LogP contribution in [0.15, 0.2) is 12.1 Å². The molecule has 2 heteroatoms. The first-order valence-electron chi connectivity index (χ1n) is 6.85. The Labute approximate surface area is 110 Å². The van der Waals surface area contributed by atoms with Crippen molar-refractivity contribution in [3.05, 3.63) is 28.8 Å². The first-order chi connectivity index (χ1) is 8.48. The Kier molecular flexibility index (Phi) is 3.67. The summed E-state index contributed by atoms with van der Waals surface area (Å²) >= 11 is 0. The van der Waals surface area contributed by atoms with Gasteiger partial charge in [-0.15, -0.1) is 0 Å². The molecule has 2 unspecified atom stereocenters. The summed E-state index contributed by atoms with van der Waals surface area (Å²) in [7, 11) is 1.70. The van der Waals surface area contributed by atoms with Crippen molar-refractivity contribution in [2.24, 2.45) is 5.92 Å². The van der Waals surface area contributed by atoms with E-state index in [-0.39, 0.29) is 0 Å². The largest absolute Gasteiger partial charge is 0.496 e. The van der Waals surface area contributed by atoms with Crippen LogP contribution in [0.1, 0.15) is 49.3 Å². The van der Waals surface area contributed by atoms with Gasteiger partial charge in [-0.1, -0.05) is 25.5 Å². The molecule has 0 aromatic heterocycles. The third-order valence-electron chi connectivity index (χ3n) is 4.36. The summed E-state index contributed by atoms with van der Waals surface area (Å²) in [5, 5.41) is 11.0. The fraction of sp³-hybridized carbons (Fsp3) is 0.625. The molecule has 100 valence electrons. The second-order valence-electron chi connectivity index (χ2n) is 5.82. The van der Waals surface area contributed by atoms with Gasteiger partial charge in [0.2, 0.25) is 0 Å². The number of aliphatic hydroxyl groups is 1. The minimum absolute atomic E-state index is 0.579. The molecule has 0 aliphatic heterocycles. The van der Waals surface area contributed by atoms with Gasteiger partial charge >= 0.3 is 0 Å². The topological polar surface area (TPSA) is 29.5 Å². The van der Waals surface area contributed by atoms with Crippen LogP contribution in [0.5, 0.6) is 5.75 Å². The molecular formula is C16H24O2. The van der Waals surface area contributed by atoms with E-state index in [9.17, 15) is 5.11 Å². The maximum atomic E-state index is 11.0. The molecule has 2 nitrogen and oxygen atoms in total. The van der Waals surface area contributed by atoms with Gasteiger partial charge in [-0.25, -0.2) is 0 Å². The van der Waals surface area contributed by atoms with E-state index in [0.717, 1.165) is 36.1 Å². The van der Waals surface area contributed by atoms with Crippen LogP contribution in [0.3, 0.4) is 0 Å². The van der Waals surface area contributed by atoms with Crippen LogP contribution in [0.25, 0.3) is 0 Å². The van der Waals surface area contributed by atoms with Crippen LogP contribution < -0.4 is 4.74 Å². The lowest BCUT2D eigenvalue weighted by Crippen LogP contribution is -2.32. The maximum absolute atomic E-state index is 11.0. The summed E-state index contributed by atoms with van der Waals surface area (Å²) in [6.07, 6.45) is 3.99. The number of benzene rings is 1. The van der Waals surface area contributed by atoms with E-state index in [1.165, 1.54) is 12.0 Å². The van der Waals surface area contributed by atoms with Crippen molar-refractivity contribution >= 4 is 0 Å². The second-order valence-corrected chi connectivity index (χ2v) is 5.82. The van der Waals surface area contributed by atoms with E-state index < -0.39 is 5.60 Å². The third-order valence-corrected chi connectivity index (χ3v) is 4.36. The number of ether oxygens (including phenoxy) is 1. The Bertz CT molecular complexity index is 439. The first-order valence-corrected chi connectivity index (χ1v) is 6.85. The molecule has 1 aliphatic carbocycles. The molecule has 0 bridgehead atoms. The van der Waals surface area contributed by atoms with Crippen LogP contribution in [-0.4, -0.2) is 12.2 Å². The summed E-state index contributed by atoms with van der Waals surface area (Å²) in [6.45, 7) is 6.36. The molecule has 0 saturated heterocycles. The van der Waals surface area contributed by atoms with Crippen LogP contribution >= 0.6 is 0 Å². The predicted octanol–water partition coefficient (Wildman–Crippen LogP) is 3.71. The van der Waals surface area contributed by atoms with Gasteiger partial charge < -0.3 is 9.84 Å². The van der Waals surface area contributed by atoms with Crippen LogP contribution in [0, 0.1) is 19.8 Å². The van der Waals surface area contributed by atoms with Gasteiger partial charge in [0, 0.05) is 5.56 Å². The lowest BCUT2D eigenvalue weighted by molar-refractivity contribution is -0.0196. The fourth-order valence-corrected chi connectivity index (χ4v) is 3.19. The highest BCUT2D eigenvalue weighted by Crippen LogP contribution is 2.44. The van der Waals surface area contributed by atoms with Gasteiger partial charge in [0.1, 0.15) is 5.75 Å². The molecule has 1 saturated carbocycles. The Morgan fingerprint density at radius 1 is 1.33 bits per heavy atom. The number of rotatable bonds is 2. The Balaban J connectivity index is 2.46. The van der Waals surface area contributed by atoms with Crippen molar-refractivity contribution < 1.29 is 9.84 Å². The summed E-state index contributed by atoms with van der Waals surface area (Å²) in [5.74, 6) is 1.45. The van der Waals surface area contributed by atoms with Crippen LogP contribution in [0.2, 0.25) is 0 Å². The lowest BCUT2D eigenvalue weighted by atomic mass is 9.74. The first kappa shape index (κ1) is 13.4. The van der Waals surface area contributed by atoms with Crippen molar-refractivity contribution in [1.29, 1.82) is 0 Å². The lowest BCUT2D eigenvalue weighted by Gasteiger charge is -2.37. The number of methoxy groups -OCH3 is 1. The average molecular weight is 248 g/mol. The van der Waals surface area contributed by atoms with E-state index in [1.54, 1.807) is 7.11 Å². The molecule has 1 N–H and O–H groups in total. The number of hydrogen-bond donors (Lipinski definition) is 1. The summed E-state index contributed by atoms with van der Waals surface area (Å²) in [6, 6.07) is 4.13. The zero-order valence-electron chi connectivity index (χ0n) is 11.9. The molecule has 0 amide bonds. The van der Waals surface area contributed by atoms with E-state index >= 15 is 0 Å². The normalized spacial score (nSPS) is 28.2. The van der Waals surface area contributed by atoms with Crippen LogP contribution in [0.4, 0.5) is 0 Å². The van der Waals surface area contributed by atoms with Crippen molar-refractivity contribution in [2.75, 3.05) is 7.11 Å². The monoisotopic (exact) mass is 248 g/mol. The van der Waals surface area contributed by atoms with E-state index in [2.05, 4.69) is 26.8 Å². The predicted molar refractivity (Wildman–Crippen MR) is 74.0 cm³/mol. The zero-order valence-corrected chi connectivity index (χ0v) is 11.9. The Hall–Kier alpha value is -1.02. The summed E-state index contributed by atoms with van der Waals surface area (Å²) in [5.41, 5.74) is 2.62. The highest BCUT2D eigenvalue weighted by molar-refractivity contribution is 5.48. The van der Waals surface area contributed by atoms with E-state index in [1.807, 2.05) is 6.07 Å². The van der Waals surface area contributed by atoms with Crippen molar-refractivity contribution in [3.63, 3.8) is 0 Å². The van der Waals surface area contributed by atoms with Gasteiger partial charge in [-0.2, -0.15) is 0 Å². The summed E-state index contributed by atoms with van der Waals surface area (Å²) < 4.78 is 5.55. The van der Waals surface area contributed by atoms with Gasteiger partial charge in [0.15, 0.2) is 0 Å². The summed E-state index contributed by atoms with van der Waals surface area (Å²) in [4.78, 5) is 0. The smallest absolute Gasteiger partial charge is 0.128 e. The number of hydrogen-bond acceptors (Lipinski definition) is 2. The third kappa shape index (κ3) is 2.26. The molecule has 1 aromatic carbocycles. The van der Waals surface area contributed by atoms with Crippen molar-refractivity contribution in [2.45, 2.75) is 52.1 Å². The van der Waals surface area contributed by atoms with Gasteiger partial charge in [0.05, 0.1) is 12.7 Å². The van der Waals surface area contributed by atoms with Gasteiger partial charge in [-0.05, 0) is 50.2 Å². The molecule has 2 rings (SSSR count). The average Bonchev–Trinajstić information content (AvgIpc) is 2.32. The molecule has 18 heavy (non-hydrogen) atoms. The zero-order chi connectivity index (χ0) is 13.3. The maximum Gasteiger partial charge on any atom is 0.128 e. The second kappa shape index (κ2) is 4.93. The van der Waals surface area contributed by atoms with Crippen molar-refractivity contribution in [1.82, 2.24) is 0 Å². The van der Waals surface area contributed by atoms with E-state index in [0.29, 0.717) is 5.92 Å². The minimum Gasteiger partial charge on any atom is -0.496 e. The minimum atomic E-state index is -0.707. The fourth-order valence-electron chi connectivity index (χ4n) is 3.19. The molecule has 1 fully saturated rings. The molecule has 0 heterocycles. The molecule has 1 aliphatic rings. The Morgan fingerprint density at radius 3 is 2.67 bits per heavy atom. The standard InChI is InChI=1S/C16H24O2/c1-11-6-5-9-16(17,10-11)14-8-7-12(2)13(3)15(14)18-4/h7-8,11,17H,5-6,9-10H2,1-4H3. The number of aryl methyl sites for hydroxylation is 1. The molecule has 2 atom stereocenters. The molecule has 1 aromatic rings. The van der Waals surface area contributed by atoms with Gasteiger partial charge in [0.25, 0.3) is 0 Å². The van der Waals surface area contributed by atoms with Crippen LogP contribution in [-0.2, 0) is 5.60 Å². The van der Waals surface area contributed by atoms with Crippen molar-refractivity contribution in [3.8, 4) is 5.75 Å². The Morgan fingerprint density at radius 2 is 2.06 bits per heavy atom. The molecule has 0 radical (unpaired) electrons. The van der Waals surface area contributed by atoms with Gasteiger partial charge in [-0.3, -0.25) is 0 Å². The molecular weight excluding hydrogens is 224 g/mol. The highest BCUT2D eigenvalue weighted by Gasteiger charge is 2.37.